The molecule has 0 bridgehead atoms. The van der Waals surface area contributed by atoms with Crippen LogP contribution in [-0.2, 0) is 11.3 Å². The Hall–Kier alpha value is -2.00. The van der Waals surface area contributed by atoms with Crippen molar-refractivity contribution in [3.63, 3.8) is 0 Å². The minimum Gasteiger partial charge on any atom is -0.481 e. The number of amides is 1. The van der Waals surface area contributed by atoms with Crippen LogP contribution in [0.1, 0.15) is 30.0 Å². The second kappa shape index (κ2) is 8.02. The average Bonchev–Trinajstić information content (AvgIpc) is 2.51. The van der Waals surface area contributed by atoms with E-state index in [1.165, 1.54) is 0 Å². The third kappa shape index (κ3) is 5.29. The van der Waals surface area contributed by atoms with Crippen molar-refractivity contribution in [1.29, 1.82) is 0 Å². The lowest BCUT2D eigenvalue weighted by atomic mass is 10.1. The first-order valence-electron chi connectivity index (χ1n) is 7.75. The minimum atomic E-state index is -0.497. The predicted molar refractivity (Wildman–Crippen MR) is 93.9 cm³/mol. The molecular weight excluding hydrogens is 310 g/mol. The molecule has 2 rings (SSSR count). The lowest BCUT2D eigenvalue weighted by molar-refractivity contribution is -0.128. The summed E-state index contributed by atoms with van der Waals surface area (Å²) >= 11 is 5.86. The van der Waals surface area contributed by atoms with Gasteiger partial charge >= 0.3 is 0 Å². The van der Waals surface area contributed by atoms with Crippen LogP contribution >= 0.6 is 11.6 Å². The van der Waals surface area contributed by atoms with Crippen molar-refractivity contribution >= 4 is 17.5 Å². The van der Waals surface area contributed by atoms with Crippen LogP contribution in [0.4, 0.5) is 0 Å². The van der Waals surface area contributed by atoms with E-state index < -0.39 is 6.10 Å². The number of halogens is 1. The van der Waals surface area contributed by atoms with Crippen LogP contribution in [-0.4, -0.2) is 12.0 Å². The molecule has 0 aliphatic rings. The SMILES string of the molecule is CC[C@H](Oc1cc(C)cc(C)c1)C(=O)NCc1ccc(Cl)cc1. The summed E-state index contributed by atoms with van der Waals surface area (Å²) < 4.78 is 5.86. The Kier molecular flexibility index (Phi) is 6.05. The van der Waals surface area contributed by atoms with Crippen molar-refractivity contribution in [3.8, 4) is 5.75 Å². The van der Waals surface area contributed by atoms with Crippen molar-refractivity contribution < 1.29 is 9.53 Å². The van der Waals surface area contributed by atoms with Gasteiger partial charge in [-0.3, -0.25) is 4.79 Å². The summed E-state index contributed by atoms with van der Waals surface area (Å²) in [5.74, 6) is 0.623. The first-order valence-corrected chi connectivity index (χ1v) is 8.13. The maximum atomic E-state index is 12.3. The highest BCUT2D eigenvalue weighted by Crippen LogP contribution is 2.18. The Morgan fingerprint density at radius 3 is 2.30 bits per heavy atom. The van der Waals surface area contributed by atoms with E-state index >= 15 is 0 Å². The second-order valence-corrected chi connectivity index (χ2v) is 6.12. The Labute approximate surface area is 142 Å². The molecule has 1 atom stereocenters. The largest absolute Gasteiger partial charge is 0.481 e. The maximum Gasteiger partial charge on any atom is 0.261 e. The fourth-order valence-corrected chi connectivity index (χ4v) is 2.52. The lowest BCUT2D eigenvalue weighted by Crippen LogP contribution is -2.37. The number of ether oxygens (including phenoxy) is 1. The number of rotatable bonds is 6. The van der Waals surface area contributed by atoms with Gasteiger partial charge in [-0.15, -0.1) is 0 Å². The van der Waals surface area contributed by atoms with Crippen LogP contribution in [0.5, 0.6) is 5.75 Å². The molecule has 2 aromatic carbocycles. The molecule has 0 spiro atoms. The molecule has 0 aromatic heterocycles. The Balaban J connectivity index is 1.96. The molecule has 1 amide bonds. The molecule has 1 N–H and O–H groups in total. The van der Waals surface area contributed by atoms with Gasteiger partial charge in [-0.25, -0.2) is 0 Å². The van der Waals surface area contributed by atoms with E-state index in [-0.39, 0.29) is 5.91 Å². The third-order valence-electron chi connectivity index (χ3n) is 3.52. The van der Waals surface area contributed by atoms with E-state index in [0.717, 1.165) is 22.4 Å². The smallest absolute Gasteiger partial charge is 0.261 e. The van der Waals surface area contributed by atoms with Crippen LogP contribution < -0.4 is 10.1 Å². The molecule has 0 fully saturated rings. The van der Waals surface area contributed by atoms with Gasteiger partial charge in [0.15, 0.2) is 6.10 Å². The van der Waals surface area contributed by atoms with Crippen LogP contribution in [0, 0.1) is 13.8 Å². The van der Waals surface area contributed by atoms with Crippen molar-refractivity contribution in [2.45, 2.75) is 39.8 Å². The molecule has 0 radical (unpaired) electrons. The topological polar surface area (TPSA) is 38.3 Å². The van der Waals surface area contributed by atoms with Crippen LogP contribution in [0.2, 0.25) is 5.02 Å². The van der Waals surface area contributed by atoms with Crippen LogP contribution in [0.3, 0.4) is 0 Å². The summed E-state index contributed by atoms with van der Waals surface area (Å²) in [6.07, 6.45) is 0.114. The van der Waals surface area contributed by atoms with Crippen molar-refractivity contribution in [1.82, 2.24) is 5.32 Å². The van der Waals surface area contributed by atoms with Crippen molar-refractivity contribution in [3.05, 3.63) is 64.2 Å². The Morgan fingerprint density at radius 1 is 1.13 bits per heavy atom. The van der Waals surface area contributed by atoms with E-state index in [0.29, 0.717) is 18.0 Å². The molecule has 0 aliphatic carbocycles. The van der Waals surface area contributed by atoms with E-state index in [1.54, 1.807) is 0 Å². The number of carbonyl (C=O) groups is 1. The second-order valence-electron chi connectivity index (χ2n) is 5.68. The molecule has 0 unspecified atom stereocenters. The molecule has 122 valence electrons. The summed E-state index contributed by atoms with van der Waals surface area (Å²) in [4.78, 5) is 12.3. The fourth-order valence-electron chi connectivity index (χ4n) is 2.39. The number of hydrogen-bond donors (Lipinski definition) is 1. The normalized spacial score (nSPS) is 11.8. The van der Waals surface area contributed by atoms with Crippen molar-refractivity contribution in [2.75, 3.05) is 0 Å². The van der Waals surface area contributed by atoms with Crippen LogP contribution in [0.25, 0.3) is 0 Å². The molecular formula is C19H22ClNO2. The number of hydrogen-bond acceptors (Lipinski definition) is 2. The molecule has 0 aliphatic heterocycles. The monoisotopic (exact) mass is 331 g/mol. The highest BCUT2D eigenvalue weighted by Gasteiger charge is 2.18. The number of carbonyl (C=O) groups excluding carboxylic acids is 1. The Morgan fingerprint density at radius 2 is 1.74 bits per heavy atom. The molecule has 0 heterocycles. The molecule has 0 saturated carbocycles. The van der Waals surface area contributed by atoms with E-state index in [9.17, 15) is 4.79 Å². The lowest BCUT2D eigenvalue weighted by Gasteiger charge is -2.18. The van der Waals surface area contributed by atoms with Gasteiger partial charge in [0.2, 0.25) is 0 Å². The van der Waals surface area contributed by atoms with E-state index in [2.05, 4.69) is 11.4 Å². The van der Waals surface area contributed by atoms with E-state index in [4.69, 9.17) is 16.3 Å². The minimum absolute atomic E-state index is 0.110. The molecule has 4 heteroatoms. The third-order valence-corrected chi connectivity index (χ3v) is 3.77. The number of aryl methyl sites for hydroxylation is 2. The highest BCUT2D eigenvalue weighted by atomic mass is 35.5. The van der Waals surface area contributed by atoms with Gasteiger partial charge in [-0.1, -0.05) is 36.7 Å². The van der Waals surface area contributed by atoms with Gasteiger partial charge < -0.3 is 10.1 Å². The highest BCUT2D eigenvalue weighted by molar-refractivity contribution is 6.30. The molecule has 3 nitrogen and oxygen atoms in total. The molecule has 23 heavy (non-hydrogen) atoms. The average molecular weight is 332 g/mol. The van der Waals surface area contributed by atoms with Gasteiger partial charge in [0.05, 0.1) is 0 Å². The van der Waals surface area contributed by atoms with Crippen molar-refractivity contribution in [2.24, 2.45) is 0 Å². The molecule has 2 aromatic rings. The van der Waals surface area contributed by atoms with Gasteiger partial charge in [0.25, 0.3) is 5.91 Å². The van der Waals surface area contributed by atoms with Gasteiger partial charge in [0.1, 0.15) is 5.75 Å². The molecule has 0 saturated heterocycles. The first kappa shape index (κ1) is 17.4. The van der Waals surface area contributed by atoms with Crippen LogP contribution in [0.15, 0.2) is 42.5 Å². The van der Waals surface area contributed by atoms with E-state index in [1.807, 2.05) is 57.2 Å². The number of benzene rings is 2. The standard InChI is InChI=1S/C19H22ClNO2/c1-4-18(23-17-10-13(2)9-14(3)11-17)19(22)21-12-15-5-7-16(20)8-6-15/h5-11,18H,4,12H2,1-3H3,(H,21,22)/t18-/m0/s1. The maximum absolute atomic E-state index is 12.3. The van der Waals surface area contributed by atoms with Gasteiger partial charge in [-0.05, 0) is 61.2 Å². The zero-order valence-electron chi connectivity index (χ0n) is 13.7. The van der Waals surface area contributed by atoms with Gasteiger partial charge in [-0.2, -0.15) is 0 Å². The summed E-state index contributed by atoms with van der Waals surface area (Å²) in [5, 5.41) is 3.60. The predicted octanol–water partition coefficient (Wildman–Crippen LogP) is 4.43. The summed E-state index contributed by atoms with van der Waals surface area (Å²) in [7, 11) is 0. The zero-order valence-corrected chi connectivity index (χ0v) is 14.5. The fraction of sp³-hybridized carbons (Fsp3) is 0.316. The zero-order chi connectivity index (χ0) is 16.8. The first-order chi connectivity index (χ1) is 11.0. The Bertz CT molecular complexity index is 647. The summed E-state index contributed by atoms with van der Waals surface area (Å²) in [6, 6.07) is 13.4. The quantitative estimate of drug-likeness (QED) is 0.850. The summed E-state index contributed by atoms with van der Waals surface area (Å²) in [6.45, 7) is 6.43. The summed E-state index contributed by atoms with van der Waals surface area (Å²) in [5.41, 5.74) is 3.25. The van der Waals surface area contributed by atoms with Gasteiger partial charge in [0, 0.05) is 11.6 Å². The number of nitrogens with one attached hydrogen (secondary N) is 1.